The number of H-pyrrole nitrogens is 1. The molecule has 1 atom stereocenters. The van der Waals surface area contributed by atoms with Crippen molar-refractivity contribution in [1.82, 2.24) is 19.9 Å². The molecular weight excluding hydrogens is 248 g/mol. The zero-order valence-electron chi connectivity index (χ0n) is 11.7. The number of aromatic amines is 1. The van der Waals surface area contributed by atoms with Crippen LogP contribution in [0.1, 0.15) is 24.4 Å². The fourth-order valence-electron chi connectivity index (χ4n) is 2.35. The summed E-state index contributed by atoms with van der Waals surface area (Å²) >= 11 is 0. The lowest BCUT2D eigenvalue weighted by Crippen LogP contribution is -2.22. The molecule has 2 heterocycles. The highest BCUT2D eigenvalue weighted by molar-refractivity contribution is 5.74. The molecule has 1 unspecified atom stereocenters. The Morgan fingerprint density at radius 2 is 1.90 bits per heavy atom. The van der Waals surface area contributed by atoms with Crippen LogP contribution in [-0.4, -0.2) is 26.9 Å². The Bertz CT molecular complexity index is 657. The van der Waals surface area contributed by atoms with Crippen LogP contribution >= 0.6 is 0 Å². The minimum absolute atomic E-state index is 0.325. The Labute approximate surface area is 118 Å². The van der Waals surface area contributed by atoms with Crippen LogP contribution in [0.3, 0.4) is 0 Å². The molecule has 0 bridgehead atoms. The van der Waals surface area contributed by atoms with E-state index in [0.717, 1.165) is 23.4 Å². The lowest BCUT2D eigenvalue weighted by Gasteiger charge is -2.23. The average Bonchev–Trinajstić information content (AvgIpc) is 2.89. The topological polar surface area (TPSA) is 44.8 Å². The second-order valence-electron chi connectivity index (χ2n) is 5.07. The summed E-state index contributed by atoms with van der Waals surface area (Å²) in [6.07, 6.45) is 3.67. The van der Waals surface area contributed by atoms with Crippen LogP contribution in [0, 0.1) is 0 Å². The summed E-state index contributed by atoms with van der Waals surface area (Å²) in [5, 5.41) is 0. The normalized spacial score (nSPS) is 12.9. The quantitative estimate of drug-likeness (QED) is 0.789. The monoisotopic (exact) mass is 266 g/mol. The molecule has 4 heteroatoms. The molecular formula is C16H18N4. The van der Waals surface area contributed by atoms with Crippen LogP contribution in [0.2, 0.25) is 0 Å². The number of hydrogen-bond acceptors (Lipinski definition) is 3. The van der Waals surface area contributed by atoms with Gasteiger partial charge >= 0.3 is 0 Å². The number of fused-ring (bicyclic) bond motifs is 1. The SMILES string of the molecule is CC(c1ccncc1)N(C)Cc1nc2ccccc2[nH]1. The van der Waals surface area contributed by atoms with Crippen LogP contribution < -0.4 is 0 Å². The fraction of sp³-hybridized carbons (Fsp3) is 0.250. The first-order valence-electron chi connectivity index (χ1n) is 6.78. The number of rotatable bonds is 4. The molecule has 3 rings (SSSR count). The first kappa shape index (κ1) is 12.8. The molecule has 1 aromatic carbocycles. The van der Waals surface area contributed by atoms with E-state index in [1.165, 1.54) is 5.56 Å². The average molecular weight is 266 g/mol. The zero-order chi connectivity index (χ0) is 13.9. The second kappa shape index (κ2) is 5.43. The first-order chi connectivity index (χ1) is 9.74. The van der Waals surface area contributed by atoms with Gasteiger partial charge in [0.1, 0.15) is 5.82 Å². The number of aromatic nitrogens is 3. The van der Waals surface area contributed by atoms with Crippen LogP contribution in [0.25, 0.3) is 11.0 Å². The van der Waals surface area contributed by atoms with Crippen molar-refractivity contribution in [3.05, 3.63) is 60.2 Å². The molecule has 0 amide bonds. The third-order valence-electron chi connectivity index (χ3n) is 3.69. The van der Waals surface area contributed by atoms with Gasteiger partial charge in [0.25, 0.3) is 0 Å². The van der Waals surface area contributed by atoms with Crippen molar-refractivity contribution in [2.45, 2.75) is 19.5 Å². The summed E-state index contributed by atoms with van der Waals surface area (Å²) in [5.41, 5.74) is 3.37. The van der Waals surface area contributed by atoms with Gasteiger partial charge in [-0.3, -0.25) is 9.88 Å². The maximum Gasteiger partial charge on any atom is 0.121 e. The summed E-state index contributed by atoms with van der Waals surface area (Å²) in [6.45, 7) is 2.98. The minimum atomic E-state index is 0.325. The van der Waals surface area contributed by atoms with Crippen LogP contribution in [0.5, 0.6) is 0 Å². The predicted molar refractivity (Wildman–Crippen MR) is 80.2 cm³/mol. The van der Waals surface area contributed by atoms with Crippen molar-refractivity contribution in [3.63, 3.8) is 0 Å². The largest absolute Gasteiger partial charge is 0.341 e. The number of nitrogens with one attached hydrogen (secondary N) is 1. The number of pyridine rings is 1. The van der Waals surface area contributed by atoms with Crippen molar-refractivity contribution in [1.29, 1.82) is 0 Å². The van der Waals surface area contributed by atoms with Gasteiger partial charge < -0.3 is 4.98 Å². The highest BCUT2D eigenvalue weighted by Crippen LogP contribution is 2.20. The fourth-order valence-corrected chi connectivity index (χ4v) is 2.35. The molecule has 0 saturated heterocycles. The maximum absolute atomic E-state index is 4.62. The van der Waals surface area contributed by atoms with Gasteiger partial charge in [-0.15, -0.1) is 0 Å². The third kappa shape index (κ3) is 2.56. The Morgan fingerprint density at radius 3 is 2.65 bits per heavy atom. The van der Waals surface area contributed by atoms with Crippen molar-refractivity contribution in [2.75, 3.05) is 7.05 Å². The third-order valence-corrected chi connectivity index (χ3v) is 3.69. The highest BCUT2D eigenvalue weighted by Gasteiger charge is 2.13. The molecule has 0 aliphatic rings. The molecule has 0 radical (unpaired) electrons. The number of imidazole rings is 1. The van der Waals surface area contributed by atoms with Crippen LogP contribution in [0.15, 0.2) is 48.8 Å². The number of para-hydroxylation sites is 2. The minimum Gasteiger partial charge on any atom is -0.341 e. The van der Waals surface area contributed by atoms with E-state index in [2.05, 4.69) is 52.0 Å². The molecule has 0 fully saturated rings. The number of hydrogen-bond donors (Lipinski definition) is 1. The predicted octanol–water partition coefficient (Wildman–Crippen LogP) is 3.15. The van der Waals surface area contributed by atoms with Gasteiger partial charge in [0.05, 0.1) is 17.6 Å². The van der Waals surface area contributed by atoms with Crippen LogP contribution in [0.4, 0.5) is 0 Å². The van der Waals surface area contributed by atoms with Crippen LogP contribution in [-0.2, 0) is 6.54 Å². The second-order valence-corrected chi connectivity index (χ2v) is 5.07. The van der Waals surface area contributed by atoms with E-state index in [1.54, 1.807) is 0 Å². The lowest BCUT2D eigenvalue weighted by atomic mass is 10.1. The van der Waals surface area contributed by atoms with E-state index in [0.29, 0.717) is 6.04 Å². The zero-order valence-corrected chi connectivity index (χ0v) is 11.7. The molecule has 2 aromatic heterocycles. The van der Waals surface area contributed by atoms with E-state index in [1.807, 2.05) is 30.6 Å². The van der Waals surface area contributed by atoms with Crippen molar-refractivity contribution in [2.24, 2.45) is 0 Å². The summed E-state index contributed by atoms with van der Waals surface area (Å²) in [6, 6.07) is 12.6. The Balaban J connectivity index is 1.76. The standard InChI is InChI=1S/C16H18N4/c1-12(13-7-9-17-10-8-13)20(2)11-16-18-14-5-3-4-6-15(14)19-16/h3-10,12H,11H2,1-2H3,(H,18,19). The van der Waals surface area contributed by atoms with Gasteiger partial charge in [-0.05, 0) is 43.8 Å². The maximum atomic E-state index is 4.62. The summed E-state index contributed by atoms with van der Waals surface area (Å²) in [4.78, 5) is 14.3. The Hall–Kier alpha value is -2.20. The van der Waals surface area contributed by atoms with Gasteiger partial charge in [0.15, 0.2) is 0 Å². The van der Waals surface area contributed by atoms with E-state index in [9.17, 15) is 0 Å². The van der Waals surface area contributed by atoms with E-state index in [4.69, 9.17) is 0 Å². The summed E-state index contributed by atoms with van der Waals surface area (Å²) in [5.74, 6) is 0.995. The van der Waals surface area contributed by atoms with Crippen molar-refractivity contribution >= 4 is 11.0 Å². The molecule has 102 valence electrons. The Morgan fingerprint density at radius 1 is 1.15 bits per heavy atom. The smallest absolute Gasteiger partial charge is 0.121 e. The van der Waals surface area contributed by atoms with Gasteiger partial charge in [-0.1, -0.05) is 12.1 Å². The molecule has 0 saturated carbocycles. The van der Waals surface area contributed by atoms with Gasteiger partial charge in [-0.25, -0.2) is 4.98 Å². The summed E-state index contributed by atoms with van der Waals surface area (Å²) in [7, 11) is 2.11. The molecule has 20 heavy (non-hydrogen) atoms. The first-order valence-corrected chi connectivity index (χ1v) is 6.78. The molecule has 1 N–H and O–H groups in total. The van der Waals surface area contributed by atoms with E-state index < -0.39 is 0 Å². The van der Waals surface area contributed by atoms with E-state index >= 15 is 0 Å². The van der Waals surface area contributed by atoms with Gasteiger partial charge in [0, 0.05) is 18.4 Å². The van der Waals surface area contributed by atoms with Gasteiger partial charge in [-0.2, -0.15) is 0 Å². The summed E-state index contributed by atoms with van der Waals surface area (Å²) < 4.78 is 0. The molecule has 0 spiro atoms. The lowest BCUT2D eigenvalue weighted by molar-refractivity contribution is 0.247. The number of nitrogens with zero attached hydrogens (tertiary/aromatic N) is 3. The van der Waals surface area contributed by atoms with E-state index in [-0.39, 0.29) is 0 Å². The molecule has 4 nitrogen and oxygen atoms in total. The molecule has 0 aliphatic carbocycles. The van der Waals surface area contributed by atoms with Gasteiger partial charge in [0.2, 0.25) is 0 Å². The van der Waals surface area contributed by atoms with Crippen molar-refractivity contribution < 1.29 is 0 Å². The number of benzene rings is 1. The highest BCUT2D eigenvalue weighted by atomic mass is 15.1. The molecule has 3 aromatic rings. The molecule has 0 aliphatic heterocycles. The van der Waals surface area contributed by atoms with Crippen molar-refractivity contribution in [3.8, 4) is 0 Å². The Kier molecular flexibility index (Phi) is 3.48.